The molecule has 47 heavy (non-hydrogen) atoms. The largest absolute Gasteiger partial charge is 2.00 e. The van der Waals surface area contributed by atoms with Gasteiger partial charge in [0.15, 0.2) is 0 Å². The molecule has 0 fully saturated rings. The van der Waals surface area contributed by atoms with Crippen LogP contribution in [0.15, 0.2) is 110 Å². The van der Waals surface area contributed by atoms with Crippen molar-refractivity contribution >= 4 is 21.8 Å². The molecule has 4 aromatic heterocycles. The molecule has 0 N–H and O–H groups in total. The molecule has 12 heteroatoms. The third-order valence-electron chi connectivity index (χ3n) is 6.80. The van der Waals surface area contributed by atoms with Gasteiger partial charge in [-0.3, -0.25) is 19.9 Å². The van der Waals surface area contributed by atoms with Crippen LogP contribution in [-0.2, 0) is 40.8 Å². The van der Waals surface area contributed by atoms with Crippen molar-refractivity contribution in [1.29, 1.82) is 0 Å². The molecule has 0 bridgehead atoms. The van der Waals surface area contributed by atoms with E-state index in [0.29, 0.717) is 51.6 Å². The molecule has 0 aliphatic carbocycles. The third-order valence-corrected chi connectivity index (χ3v) is 6.80. The van der Waals surface area contributed by atoms with Crippen LogP contribution in [0.3, 0.4) is 0 Å². The van der Waals surface area contributed by atoms with Gasteiger partial charge in [0.2, 0.25) is 5.95 Å². The van der Waals surface area contributed by atoms with Crippen molar-refractivity contribution in [2.24, 2.45) is 0 Å². The zero-order chi connectivity index (χ0) is 30.0. The van der Waals surface area contributed by atoms with Crippen LogP contribution in [0.2, 0.25) is 0 Å². The monoisotopic (exact) mass is 794 g/mol. The summed E-state index contributed by atoms with van der Waals surface area (Å²) in [6, 6.07) is 35.6. The molecule has 10 nitrogen and oxygen atoms in total. The molecule has 0 aliphatic heterocycles. The van der Waals surface area contributed by atoms with Gasteiger partial charge in [0.25, 0.3) is 0 Å². The van der Waals surface area contributed by atoms with Gasteiger partial charge in [-0.15, -0.1) is 71.8 Å². The van der Waals surface area contributed by atoms with E-state index in [-0.39, 0.29) is 40.8 Å². The summed E-state index contributed by atoms with van der Waals surface area (Å²) in [5.74, 6) is 3.48. The van der Waals surface area contributed by atoms with Gasteiger partial charge in [0, 0.05) is 47.8 Å². The fourth-order valence-electron chi connectivity index (χ4n) is 4.88. The molecule has 0 aliphatic rings. The number of hydrogen-bond donors (Lipinski definition) is 0. The molecule has 4 heterocycles. The molecule has 0 amide bonds. The summed E-state index contributed by atoms with van der Waals surface area (Å²) in [6.45, 7) is 0. The van der Waals surface area contributed by atoms with Gasteiger partial charge in [-0.1, -0.05) is 23.2 Å². The van der Waals surface area contributed by atoms with E-state index in [1.54, 1.807) is 36.9 Å². The van der Waals surface area contributed by atoms with Crippen LogP contribution >= 0.6 is 0 Å². The summed E-state index contributed by atoms with van der Waals surface area (Å²) in [6.07, 6.45) is 9.64. The maximum atomic E-state index is 6.20. The van der Waals surface area contributed by atoms with Gasteiger partial charge < -0.3 is 14.0 Å². The van der Waals surface area contributed by atoms with Crippen molar-refractivity contribution in [3.63, 3.8) is 0 Å². The van der Waals surface area contributed by atoms with E-state index >= 15 is 0 Å². The average molecular weight is 795 g/mol. The van der Waals surface area contributed by atoms with Crippen LogP contribution in [0, 0.1) is 24.3 Å². The summed E-state index contributed by atoms with van der Waals surface area (Å²) in [7, 11) is 0. The summed E-state index contributed by atoms with van der Waals surface area (Å²) in [4.78, 5) is 30.1. The second kappa shape index (κ2) is 14.0. The maximum Gasteiger partial charge on any atom is 2.00 e. The Morgan fingerprint density at radius 2 is 0.915 bits per heavy atom. The fourth-order valence-corrected chi connectivity index (χ4v) is 4.88. The van der Waals surface area contributed by atoms with Crippen molar-refractivity contribution in [2.75, 3.05) is 0 Å². The topological polar surface area (TPSA) is 114 Å². The first-order chi connectivity index (χ1) is 22.3. The van der Waals surface area contributed by atoms with Gasteiger partial charge in [-0.25, -0.2) is 15.0 Å². The van der Waals surface area contributed by atoms with Crippen LogP contribution in [-0.4, -0.2) is 39.5 Å². The molecular weight excluding hydrogens is 777 g/mol. The smallest absolute Gasteiger partial charge is 0.503 e. The fraction of sp³-hybridized carbons (Fsp3) is 0. The van der Waals surface area contributed by atoms with Crippen LogP contribution < -0.4 is 9.47 Å². The molecule has 8 aromatic rings. The summed E-state index contributed by atoms with van der Waals surface area (Å²) >= 11 is 0. The van der Waals surface area contributed by atoms with Crippen LogP contribution in [0.5, 0.6) is 23.0 Å². The van der Waals surface area contributed by atoms with E-state index in [9.17, 15) is 0 Å². The van der Waals surface area contributed by atoms with E-state index in [4.69, 9.17) is 9.47 Å². The minimum Gasteiger partial charge on any atom is -0.503 e. The predicted molar refractivity (Wildman–Crippen MR) is 165 cm³/mol. The van der Waals surface area contributed by atoms with E-state index in [0.717, 1.165) is 21.9 Å². The first kappa shape index (κ1) is 31.7. The van der Waals surface area contributed by atoms with E-state index < -0.39 is 0 Å². The molecule has 4 aromatic carbocycles. The van der Waals surface area contributed by atoms with E-state index in [1.165, 1.54) is 12.7 Å². The number of ether oxygens (including phenoxy) is 2. The molecular formula is C35H18N8O2Pd2. The predicted octanol–water partition coefficient (Wildman–Crippen LogP) is 6.66. The second-order valence-corrected chi connectivity index (χ2v) is 9.65. The average Bonchev–Trinajstić information content (AvgIpc) is 3.42. The number of benzene rings is 4. The van der Waals surface area contributed by atoms with Gasteiger partial charge in [0.1, 0.15) is 12.7 Å². The summed E-state index contributed by atoms with van der Waals surface area (Å²) < 4.78 is 14.3. The van der Waals surface area contributed by atoms with Gasteiger partial charge in [0.05, 0.1) is 11.6 Å². The molecule has 0 atom stereocenters. The molecule has 0 unspecified atom stereocenters. The third kappa shape index (κ3) is 6.55. The minimum absolute atomic E-state index is 0. The van der Waals surface area contributed by atoms with Gasteiger partial charge >= 0.3 is 40.8 Å². The normalized spacial score (nSPS) is 10.6. The number of fused-ring (bicyclic) bond motifs is 3. The molecule has 0 saturated heterocycles. The molecule has 0 radical (unpaired) electrons. The number of aromatic nitrogens is 8. The Hall–Kier alpha value is -5.23. The van der Waals surface area contributed by atoms with Gasteiger partial charge in [-0.05, 0) is 12.1 Å². The Kier molecular flexibility index (Phi) is 9.49. The first-order valence-corrected chi connectivity index (χ1v) is 13.8. The van der Waals surface area contributed by atoms with E-state index in [1.807, 2.05) is 65.2 Å². The first-order valence-electron chi connectivity index (χ1n) is 13.8. The SMILES string of the molecule is [Pd+2].[Pd+2].[c-]1c(Oc2[c-]c3c(cc2)c2ccc(Oc4[c-]c(-c5ncccn5)ccc4)[c-]c2n3-c2ncncn2)cccc1-c1ncccn1. The number of rotatable bonds is 7. The van der Waals surface area contributed by atoms with Crippen molar-refractivity contribution in [1.82, 2.24) is 39.5 Å². The second-order valence-electron chi connectivity index (χ2n) is 9.65. The Morgan fingerprint density at radius 1 is 0.468 bits per heavy atom. The summed E-state index contributed by atoms with van der Waals surface area (Å²) in [5.41, 5.74) is 2.82. The zero-order valence-corrected chi connectivity index (χ0v) is 27.0. The zero-order valence-electron chi connectivity index (χ0n) is 23.9. The Labute approximate surface area is 296 Å². The van der Waals surface area contributed by atoms with Gasteiger partial charge in [-0.2, -0.15) is 22.9 Å². The Balaban J connectivity index is 0.00000193. The maximum absolute atomic E-state index is 6.20. The van der Waals surface area contributed by atoms with Crippen molar-refractivity contribution < 1.29 is 50.3 Å². The van der Waals surface area contributed by atoms with Crippen molar-refractivity contribution in [3.05, 3.63) is 135 Å². The van der Waals surface area contributed by atoms with E-state index in [2.05, 4.69) is 59.2 Å². The Bertz CT molecular complexity index is 2150. The van der Waals surface area contributed by atoms with Crippen LogP contribution in [0.4, 0.5) is 0 Å². The number of nitrogens with zero attached hydrogens (tertiary/aromatic N) is 8. The molecule has 230 valence electrons. The molecule has 0 saturated carbocycles. The number of hydrogen-bond acceptors (Lipinski definition) is 9. The van der Waals surface area contributed by atoms with Crippen molar-refractivity contribution in [3.8, 4) is 51.7 Å². The molecule has 8 rings (SSSR count). The van der Waals surface area contributed by atoms with Crippen LogP contribution in [0.1, 0.15) is 0 Å². The van der Waals surface area contributed by atoms with Crippen LogP contribution in [0.25, 0.3) is 50.5 Å². The summed E-state index contributed by atoms with van der Waals surface area (Å²) in [5, 5.41) is 1.82. The Morgan fingerprint density at radius 3 is 1.38 bits per heavy atom. The quantitative estimate of drug-likeness (QED) is 0.129. The minimum atomic E-state index is 0. The standard InChI is InChI=1S/C35H18N8O2.2Pd/c1-5-23(33-37-13-3-14-38-33)17-25(7-1)44-27-9-11-29-30-12-10-28(20-32(30)43(31(29)19-27)35-41-21-36-22-42-35)45-26-8-2-6-24(18-26)34-39-15-4-16-40-34;;/h1-16,21-22H;;/q-4;2*+2. The van der Waals surface area contributed by atoms with Crippen molar-refractivity contribution in [2.45, 2.75) is 0 Å². The molecule has 0 spiro atoms.